The summed E-state index contributed by atoms with van der Waals surface area (Å²) < 4.78 is 0. The van der Waals surface area contributed by atoms with Crippen LogP contribution >= 0.6 is 0 Å². The van der Waals surface area contributed by atoms with Gasteiger partial charge in [0.15, 0.2) is 0 Å². The lowest BCUT2D eigenvalue weighted by Gasteiger charge is -2.14. The summed E-state index contributed by atoms with van der Waals surface area (Å²) in [6.07, 6.45) is 2.49. The van der Waals surface area contributed by atoms with Gasteiger partial charge in [-0.3, -0.25) is 4.79 Å². The van der Waals surface area contributed by atoms with E-state index in [1.165, 1.54) is 0 Å². The zero-order chi connectivity index (χ0) is 11.1. The zero-order valence-corrected chi connectivity index (χ0v) is 8.91. The largest absolute Gasteiger partial charge is 0.394 e. The van der Waals surface area contributed by atoms with Crippen LogP contribution in [0.3, 0.4) is 0 Å². The van der Waals surface area contributed by atoms with Crippen LogP contribution in [-0.2, 0) is 4.79 Å². The molecule has 0 aromatic rings. The molecule has 5 nitrogen and oxygen atoms in total. The van der Waals surface area contributed by atoms with Crippen molar-refractivity contribution in [1.29, 1.82) is 0 Å². The van der Waals surface area contributed by atoms with E-state index in [1.807, 2.05) is 0 Å². The SMILES string of the molecule is O=C(CCC1CCNC1)NC(CO)CO. The van der Waals surface area contributed by atoms with Crippen molar-refractivity contribution in [1.82, 2.24) is 10.6 Å². The summed E-state index contributed by atoms with van der Waals surface area (Å²) in [4.78, 5) is 11.4. The third kappa shape index (κ3) is 4.59. The fourth-order valence-corrected chi connectivity index (χ4v) is 1.74. The molecule has 1 rings (SSSR count). The number of carbonyl (C=O) groups is 1. The molecule has 0 radical (unpaired) electrons. The molecule has 0 aromatic carbocycles. The number of aliphatic hydroxyl groups excluding tert-OH is 2. The van der Waals surface area contributed by atoms with Gasteiger partial charge in [0.1, 0.15) is 0 Å². The van der Waals surface area contributed by atoms with Crippen molar-refractivity contribution in [2.75, 3.05) is 26.3 Å². The lowest BCUT2D eigenvalue weighted by Crippen LogP contribution is -2.40. The van der Waals surface area contributed by atoms with Gasteiger partial charge >= 0.3 is 0 Å². The van der Waals surface area contributed by atoms with Crippen LogP contribution in [0.25, 0.3) is 0 Å². The monoisotopic (exact) mass is 216 g/mol. The van der Waals surface area contributed by atoms with Crippen LogP contribution in [0.2, 0.25) is 0 Å². The fraction of sp³-hybridized carbons (Fsp3) is 0.900. The van der Waals surface area contributed by atoms with E-state index in [1.54, 1.807) is 0 Å². The van der Waals surface area contributed by atoms with E-state index < -0.39 is 6.04 Å². The van der Waals surface area contributed by atoms with Crippen molar-refractivity contribution in [3.8, 4) is 0 Å². The first-order valence-corrected chi connectivity index (χ1v) is 5.48. The van der Waals surface area contributed by atoms with Crippen LogP contribution < -0.4 is 10.6 Å². The van der Waals surface area contributed by atoms with Crippen LogP contribution in [0.15, 0.2) is 0 Å². The molecule has 1 aliphatic heterocycles. The fourth-order valence-electron chi connectivity index (χ4n) is 1.74. The predicted molar refractivity (Wildman–Crippen MR) is 56.3 cm³/mol. The maximum atomic E-state index is 11.4. The van der Waals surface area contributed by atoms with Gasteiger partial charge in [-0.25, -0.2) is 0 Å². The predicted octanol–water partition coefficient (Wildman–Crippen LogP) is -1.15. The van der Waals surface area contributed by atoms with Gasteiger partial charge in [-0.2, -0.15) is 0 Å². The van der Waals surface area contributed by atoms with Crippen molar-refractivity contribution in [2.24, 2.45) is 5.92 Å². The molecule has 1 atom stereocenters. The second-order valence-electron chi connectivity index (χ2n) is 4.03. The number of rotatable bonds is 6. The molecular formula is C10H20N2O3. The lowest BCUT2D eigenvalue weighted by atomic mass is 10.0. The highest BCUT2D eigenvalue weighted by atomic mass is 16.3. The van der Waals surface area contributed by atoms with Gasteiger partial charge in [-0.05, 0) is 31.8 Å². The molecule has 1 amide bonds. The maximum absolute atomic E-state index is 11.4. The Hall–Kier alpha value is -0.650. The highest BCUT2D eigenvalue weighted by molar-refractivity contribution is 5.76. The highest BCUT2D eigenvalue weighted by Gasteiger charge is 2.16. The molecule has 4 N–H and O–H groups in total. The van der Waals surface area contributed by atoms with E-state index >= 15 is 0 Å². The van der Waals surface area contributed by atoms with Gasteiger partial charge in [0.25, 0.3) is 0 Å². The van der Waals surface area contributed by atoms with E-state index in [0.717, 1.165) is 25.9 Å². The third-order valence-corrected chi connectivity index (χ3v) is 2.75. The van der Waals surface area contributed by atoms with E-state index in [4.69, 9.17) is 10.2 Å². The van der Waals surface area contributed by atoms with Crippen molar-refractivity contribution in [3.63, 3.8) is 0 Å². The molecule has 0 aliphatic carbocycles. The topological polar surface area (TPSA) is 81.6 Å². The first-order chi connectivity index (χ1) is 7.26. The standard InChI is InChI=1S/C10H20N2O3/c13-6-9(7-14)12-10(15)2-1-8-3-4-11-5-8/h8-9,11,13-14H,1-7H2,(H,12,15). The molecule has 0 bridgehead atoms. The smallest absolute Gasteiger partial charge is 0.220 e. The molecule has 0 spiro atoms. The quantitative estimate of drug-likeness (QED) is 0.452. The number of carbonyl (C=O) groups excluding carboxylic acids is 1. The minimum atomic E-state index is -0.515. The third-order valence-electron chi connectivity index (χ3n) is 2.75. The number of aliphatic hydroxyl groups is 2. The Morgan fingerprint density at radius 3 is 2.73 bits per heavy atom. The molecule has 15 heavy (non-hydrogen) atoms. The van der Waals surface area contributed by atoms with Crippen molar-refractivity contribution >= 4 is 5.91 Å². The Morgan fingerprint density at radius 1 is 1.47 bits per heavy atom. The van der Waals surface area contributed by atoms with Crippen molar-refractivity contribution in [3.05, 3.63) is 0 Å². The maximum Gasteiger partial charge on any atom is 0.220 e. The van der Waals surface area contributed by atoms with Gasteiger partial charge < -0.3 is 20.8 Å². The van der Waals surface area contributed by atoms with Gasteiger partial charge in [-0.15, -0.1) is 0 Å². The van der Waals surface area contributed by atoms with Gasteiger partial charge in [0.2, 0.25) is 5.91 Å². The van der Waals surface area contributed by atoms with E-state index in [0.29, 0.717) is 12.3 Å². The van der Waals surface area contributed by atoms with Gasteiger partial charge in [0.05, 0.1) is 19.3 Å². The summed E-state index contributed by atoms with van der Waals surface area (Å²) in [5.74, 6) is 0.507. The van der Waals surface area contributed by atoms with Crippen LogP contribution in [0.5, 0.6) is 0 Å². The average Bonchev–Trinajstić information content (AvgIpc) is 2.75. The summed E-state index contributed by atoms with van der Waals surface area (Å²) in [5, 5.41) is 23.4. The Balaban J connectivity index is 2.11. The van der Waals surface area contributed by atoms with Gasteiger partial charge in [-0.1, -0.05) is 0 Å². The molecular weight excluding hydrogens is 196 g/mol. The minimum absolute atomic E-state index is 0.0880. The second-order valence-corrected chi connectivity index (χ2v) is 4.03. The average molecular weight is 216 g/mol. The molecule has 1 saturated heterocycles. The van der Waals surface area contributed by atoms with Crippen LogP contribution in [-0.4, -0.2) is 48.5 Å². The summed E-state index contributed by atoms with van der Waals surface area (Å²) in [6.45, 7) is 1.61. The zero-order valence-electron chi connectivity index (χ0n) is 8.91. The Labute approximate surface area is 89.9 Å². The van der Waals surface area contributed by atoms with Crippen LogP contribution in [0.1, 0.15) is 19.3 Å². The van der Waals surface area contributed by atoms with Crippen LogP contribution in [0, 0.1) is 5.92 Å². The van der Waals surface area contributed by atoms with E-state index in [9.17, 15) is 4.79 Å². The molecule has 88 valence electrons. The molecule has 1 unspecified atom stereocenters. The molecule has 5 heteroatoms. The lowest BCUT2D eigenvalue weighted by molar-refractivity contribution is -0.122. The highest BCUT2D eigenvalue weighted by Crippen LogP contribution is 2.13. The van der Waals surface area contributed by atoms with Gasteiger partial charge in [0, 0.05) is 6.42 Å². The number of hydrogen-bond acceptors (Lipinski definition) is 4. The summed E-state index contributed by atoms with van der Waals surface area (Å²) >= 11 is 0. The molecule has 1 fully saturated rings. The van der Waals surface area contributed by atoms with Crippen LogP contribution in [0.4, 0.5) is 0 Å². The Kier molecular flexibility index (Phi) is 5.60. The number of hydrogen-bond donors (Lipinski definition) is 4. The first-order valence-electron chi connectivity index (χ1n) is 5.48. The summed E-state index contributed by atoms with van der Waals surface area (Å²) in [6, 6.07) is -0.515. The van der Waals surface area contributed by atoms with Crippen molar-refractivity contribution < 1.29 is 15.0 Å². The number of amides is 1. The van der Waals surface area contributed by atoms with Crippen molar-refractivity contribution in [2.45, 2.75) is 25.3 Å². The number of nitrogens with one attached hydrogen (secondary N) is 2. The second kappa shape index (κ2) is 6.76. The minimum Gasteiger partial charge on any atom is -0.394 e. The normalized spacial score (nSPS) is 20.9. The summed E-state index contributed by atoms with van der Waals surface area (Å²) in [5.41, 5.74) is 0. The Bertz CT molecular complexity index is 189. The molecule has 0 aromatic heterocycles. The molecule has 1 aliphatic rings. The Morgan fingerprint density at radius 2 is 2.20 bits per heavy atom. The van der Waals surface area contributed by atoms with E-state index in [-0.39, 0.29) is 19.1 Å². The molecule has 0 saturated carbocycles. The first kappa shape index (κ1) is 12.4. The molecule has 1 heterocycles. The van der Waals surface area contributed by atoms with E-state index in [2.05, 4.69) is 10.6 Å². The summed E-state index contributed by atoms with van der Waals surface area (Å²) in [7, 11) is 0.